The molecule has 2 aliphatic heterocycles. The lowest BCUT2D eigenvalue weighted by Crippen LogP contribution is -2.45. The predicted molar refractivity (Wildman–Crippen MR) is 183 cm³/mol. The number of hydrogen-bond donors (Lipinski definition) is 1. The number of anilines is 3. The third-order valence-electron chi connectivity index (χ3n) is 8.88. The van der Waals surface area contributed by atoms with Crippen LogP contribution in [0.25, 0.3) is 11.1 Å². The number of likely N-dealkylation sites (N-methyl/N-ethyl adjacent to an activating group) is 1. The largest absolute Gasteiger partial charge is 0.417 e. The number of carbonyl (C=O) groups is 1. The van der Waals surface area contributed by atoms with Crippen LogP contribution in [0.3, 0.4) is 0 Å². The summed E-state index contributed by atoms with van der Waals surface area (Å²) >= 11 is 0. The Hall–Kier alpha value is -4.91. The van der Waals surface area contributed by atoms with Gasteiger partial charge >= 0.3 is 6.09 Å². The van der Waals surface area contributed by atoms with E-state index in [-0.39, 0.29) is 0 Å². The van der Waals surface area contributed by atoms with Crippen LogP contribution in [0.1, 0.15) is 23.1 Å². The van der Waals surface area contributed by atoms with Gasteiger partial charge in [-0.15, -0.1) is 0 Å². The predicted octanol–water partition coefficient (Wildman–Crippen LogP) is 6.00. The van der Waals surface area contributed by atoms with Crippen molar-refractivity contribution in [2.45, 2.75) is 19.9 Å². The molecule has 0 radical (unpaired) electrons. The highest BCUT2D eigenvalue weighted by Gasteiger charge is 2.20. The van der Waals surface area contributed by atoms with Crippen molar-refractivity contribution in [3.05, 3.63) is 102 Å². The van der Waals surface area contributed by atoms with Gasteiger partial charge in [0.05, 0.1) is 23.5 Å². The number of para-hydroxylation sites is 1. The number of piperazine rings is 1. The molecule has 0 atom stereocenters. The van der Waals surface area contributed by atoms with Crippen molar-refractivity contribution in [1.29, 1.82) is 5.26 Å². The number of benzene rings is 3. The first-order valence-corrected chi connectivity index (χ1v) is 16.0. The van der Waals surface area contributed by atoms with E-state index in [1.54, 1.807) is 24.4 Å². The SMILES string of the molecule is Cc1ccc(OC(=O)Nc2ccc(N3CCCN(Cc4ccccc4N4CCN(C)CC4)CC3)nc2)cc1-c1ccc(C#N)cc1. The van der Waals surface area contributed by atoms with Crippen molar-refractivity contribution in [3.8, 4) is 22.9 Å². The van der Waals surface area contributed by atoms with E-state index in [4.69, 9.17) is 10.00 Å². The summed E-state index contributed by atoms with van der Waals surface area (Å²) in [5.74, 6) is 1.34. The minimum Gasteiger partial charge on any atom is -0.410 e. The smallest absolute Gasteiger partial charge is 0.410 e. The first-order valence-electron chi connectivity index (χ1n) is 16.0. The normalized spacial score (nSPS) is 16.0. The van der Waals surface area contributed by atoms with E-state index < -0.39 is 6.09 Å². The number of ether oxygens (including phenoxy) is 1. The van der Waals surface area contributed by atoms with Crippen molar-refractivity contribution in [2.24, 2.45) is 0 Å². The van der Waals surface area contributed by atoms with Crippen LogP contribution in [0.5, 0.6) is 5.75 Å². The summed E-state index contributed by atoms with van der Waals surface area (Å²) in [6.07, 6.45) is 2.17. The Balaban J connectivity index is 1.02. The molecule has 9 nitrogen and oxygen atoms in total. The molecule has 2 fully saturated rings. The maximum absolute atomic E-state index is 12.7. The molecule has 1 aromatic heterocycles. The molecule has 6 rings (SSSR count). The van der Waals surface area contributed by atoms with Gasteiger partial charge in [0, 0.05) is 64.6 Å². The fraction of sp³-hybridized carbons (Fsp3) is 0.324. The summed E-state index contributed by atoms with van der Waals surface area (Å²) in [6, 6.07) is 27.7. The van der Waals surface area contributed by atoms with Crippen molar-refractivity contribution in [2.75, 3.05) is 74.5 Å². The molecule has 236 valence electrons. The lowest BCUT2D eigenvalue weighted by Gasteiger charge is -2.35. The summed E-state index contributed by atoms with van der Waals surface area (Å²) in [4.78, 5) is 27.2. The molecule has 4 aromatic rings. The Kier molecular flexibility index (Phi) is 9.77. The molecule has 0 aliphatic carbocycles. The molecule has 46 heavy (non-hydrogen) atoms. The number of carbonyl (C=O) groups excluding carboxylic acids is 1. The number of pyridine rings is 1. The highest BCUT2D eigenvalue weighted by atomic mass is 16.6. The summed E-state index contributed by atoms with van der Waals surface area (Å²) < 4.78 is 5.60. The van der Waals surface area contributed by atoms with E-state index in [9.17, 15) is 4.79 Å². The van der Waals surface area contributed by atoms with E-state index in [1.807, 2.05) is 43.3 Å². The molecule has 3 heterocycles. The van der Waals surface area contributed by atoms with Gasteiger partial charge < -0.3 is 19.4 Å². The van der Waals surface area contributed by atoms with Crippen molar-refractivity contribution < 1.29 is 9.53 Å². The third kappa shape index (κ3) is 7.65. The second kappa shape index (κ2) is 14.5. The summed E-state index contributed by atoms with van der Waals surface area (Å²) in [5.41, 5.74) is 6.88. The maximum Gasteiger partial charge on any atom is 0.417 e. The maximum atomic E-state index is 12.7. The van der Waals surface area contributed by atoms with Gasteiger partial charge in [-0.3, -0.25) is 10.2 Å². The Morgan fingerprint density at radius 1 is 0.891 bits per heavy atom. The van der Waals surface area contributed by atoms with Crippen molar-refractivity contribution in [3.63, 3.8) is 0 Å². The Bertz CT molecular complexity index is 1680. The monoisotopic (exact) mass is 615 g/mol. The number of nitriles is 1. The van der Waals surface area contributed by atoms with Crippen molar-refractivity contribution in [1.82, 2.24) is 14.8 Å². The summed E-state index contributed by atoms with van der Waals surface area (Å²) in [6.45, 7) is 11.1. The third-order valence-corrected chi connectivity index (χ3v) is 8.88. The summed E-state index contributed by atoms with van der Waals surface area (Å²) in [5, 5.41) is 11.9. The second-order valence-corrected chi connectivity index (χ2v) is 12.1. The van der Waals surface area contributed by atoms with E-state index in [0.717, 1.165) is 87.8 Å². The van der Waals surface area contributed by atoms with Crippen LogP contribution in [-0.4, -0.2) is 80.3 Å². The molecule has 0 bridgehead atoms. The molecule has 0 unspecified atom stereocenters. The first-order chi connectivity index (χ1) is 22.4. The molecule has 1 amide bonds. The van der Waals surface area contributed by atoms with Crippen LogP contribution in [0, 0.1) is 18.3 Å². The Morgan fingerprint density at radius 3 is 2.43 bits per heavy atom. The van der Waals surface area contributed by atoms with E-state index in [0.29, 0.717) is 17.0 Å². The van der Waals surface area contributed by atoms with Gasteiger partial charge in [0.25, 0.3) is 0 Å². The molecule has 2 aliphatic rings. The minimum absolute atomic E-state index is 0.437. The number of aryl methyl sites for hydroxylation is 1. The van der Waals surface area contributed by atoms with E-state index in [1.165, 1.54) is 11.3 Å². The molecular formula is C37H41N7O2. The second-order valence-electron chi connectivity index (χ2n) is 12.1. The lowest BCUT2D eigenvalue weighted by molar-refractivity contribution is 0.215. The fourth-order valence-electron chi connectivity index (χ4n) is 6.20. The molecule has 2 saturated heterocycles. The fourth-order valence-corrected chi connectivity index (χ4v) is 6.20. The zero-order valence-corrected chi connectivity index (χ0v) is 26.7. The molecular weight excluding hydrogens is 574 g/mol. The van der Waals surface area contributed by atoms with Gasteiger partial charge in [-0.25, -0.2) is 9.78 Å². The molecule has 3 aromatic carbocycles. The van der Waals surface area contributed by atoms with Gasteiger partial charge in [-0.05, 0) is 85.1 Å². The van der Waals surface area contributed by atoms with Crippen LogP contribution in [-0.2, 0) is 6.54 Å². The van der Waals surface area contributed by atoms with Crippen molar-refractivity contribution >= 4 is 23.3 Å². The summed E-state index contributed by atoms with van der Waals surface area (Å²) in [7, 11) is 2.20. The van der Waals surface area contributed by atoms with Crippen LogP contribution in [0.4, 0.5) is 22.0 Å². The van der Waals surface area contributed by atoms with Gasteiger partial charge in [-0.1, -0.05) is 36.4 Å². The number of nitrogens with zero attached hydrogens (tertiary/aromatic N) is 6. The van der Waals surface area contributed by atoms with Gasteiger partial charge in [0.2, 0.25) is 0 Å². The lowest BCUT2D eigenvalue weighted by atomic mass is 9.99. The highest BCUT2D eigenvalue weighted by molar-refractivity contribution is 5.86. The van der Waals surface area contributed by atoms with Crippen LogP contribution >= 0.6 is 0 Å². The average molecular weight is 616 g/mol. The van der Waals surface area contributed by atoms with Crippen LogP contribution in [0.15, 0.2) is 85.1 Å². The average Bonchev–Trinajstić information content (AvgIpc) is 3.32. The van der Waals surface area contributed by atoms with Gasteiger partial charge in [0.1, 0.15) is 11.6 Å². The van der Waals surface area contributed by atoms with Gasteiger partial charge in [-0.2, -0.15) is 5.26 Å². The number of amides is 1. The van der Waals surface area contributed by atoms with Gasteiger partial charge in [0.15, 0.2) is 0 Å². The standard InChI is InChI=1S/C37H41N7O2/c1-28-8-14-33(24-34(28)30-11-9-29(25-38)10-12-30)46-37(45)40-32-13-15-36(39-26-32)44-17-5-16-42(20-23-44)27-31-6-3-4-7-35(31)43-21-18-41(2)19-22-43/h3-4,6-15,24,26H,5,16-23,27H2,1-2H3,(H,40,45). The van der Waals surface area contributed by atoms with E-state index >= 15 is 0 Å². The quantitative estimate of drug-likeness (QED) is 0.271. The minimum atomic E-state index is -0.577. The molecule has 0 saturated carbocycles. The number of rotatable bonds is 7. The zero-order valence-electron chi connectivity index (χ0n) is 26.7. The first kappa shape index (κ1) is 31.1. The molecule has 0 spiro atoms. The number of aromatic nitrogens is 1. The van der Waals surface area contributed by atoms with Crippen LogP contribution in [0.2, 0.25) is 0 Å². The Labute approximate surface area is 271 Å². The topological polar surface area (TPSA) is 88.0 Å². The Morgan fingerprint density at radius 2 is 1.67 bits per heavy atom. The zero-order chi connectivity index (χ0) is 31.9. The number of hydrogen-bond acceptors (Lipinski definition) is 8. The van der Waals surface area contributed by atoms with E-state index in [2.05, 4.69) is 67.3 Å². The molecule has 9 heteroatoms. The molecule has 1 N–H and O–H groups in total. The highest BCUT2D eigenvalue weighted by Crippen LogP contribution is 2.29. The number of nitrogens with one attached hydrogen (secondary N) is 1. The van der Waals surface area contributed by atoms with Crippen LogP contribution < -0.4 is 19.9 Å².